The Kier molecular flexibility index (Phi) is 9.52. The van der Waals surface area contributed by atoms with E-state index in [1.807, 2.05) is 50.0 Å². The maximum absolute atomic E-state index is 14.1. The van der Waals surface area contributed by atoms with Gasteiger partial charge in [-0.15, -0.1) is 0 Å². The van der Waals surface area contributed by atoms with Gasteiger partial charge in [-0.2, -0.15) is 5.10 Å². The van der Waals surface area contributed by atoms with Gasteiger partial charge in [-0.3, -0.25) is 9.48 Å². The Morgan fingerprint density at radius 3 is 2.48 bits per heavy atom. The highest BCUT2D eigenvalue weighted by atomic mass is 35.5. The van der Waals surface area contributed by atoms with E-state index in [4.69, 9.17) is 26.4 Å². The number of anilines is 1. The Balaban J connectivity index is 1.11. The van der Waals surface area contributed by atoms with E-state index in [0.717, 1.165) is 105 Å². The van der Waals surface area contributed by atoms with Crippen LogP contribution in [0.2, 0.25) is 5.02 Å². The zero-order valence-electron chi connectivity index (χ0n) is 29.6. The third-order valence-electron chi connectivity index (χ3n) is 10.2. The maximum atomic E-state index is 14.1. The molecule has 0 fully saturated rings. The van der Waals surface area contributed by atoms with E-state index in [9.17, 15) is 4.79 Å². The third-order valence-corrected chi connectivity index (χ3v) is 10.8. The molecular formula is C42H44ClN5O2. The van der Waals surface area contributed by atoms with Crippen LogP contribution in [-0.4, -0.2) is 33.8 Å². The lowest BCUT2D eigenvalue weighted by atomic mass is 9.93. The van der Waals surface area contributed by atoms with Gasteiger partial charge >= 0.3 is 0 Å². The molecule has 2 aliphatic rings. The van der Waals surface area contributed by atoms with Crippen molar-refractivity contribution < 1.29 is 9.53 Å². The van der Waals surface area contributed by atoms with Crippen LogP contribution in [0.15, 0.2) is 78.5 Å². The topological polar surface area (TPSA) is 72.3 Å². The first-order valence-electron chi connectivity index (χ1n) is 17.5. The Bertz CT molecular complexity index is 2110. The number of pyridine rings is 1. The Labute approximate surface area is 300 Å². The van der Waals surface area contributed by atoms with Gasteiger partial charge in [0.1, 0.15) is 11.6 Å². The van der Waals surface area contributed by atoms with Crippen molar-refractivity contribution in [3.63, 3.8) is 0 Å². The monoisotopic (exact) mass is 685 g/mol. The molecule has 0 saturated carbocycles. The fraction of sp³-hybridized carbons (Fsp3) is 0.310. The molecule has 2 aromatic heterocycles. The molecule has 3 heterocycles. The highest BCUT2D eigenvalue weighted by Gasteiger charge is 2.29. The molecule has 7 rings (SSSR count). The summed E-state index contributed by atoms with van der Waals surface area (Å²) in [6.45, 7) is 10.9. The van der Waals surface area contributed by atoms with Crippen molar-refractivity contribution in [3.8, 4) is 16.9 Å². The Morgan fingerprint density at radius 2 is 1.72 bits per heavy atom. The lowest BCUT2D eigenvalue weighted by molar-refractivity contribution is -0.117. The van der Waals surface area contributed by atoms with Crippen LogP contribution >= 0.6 is 11.6 Å². The van der Waals surface area contributed by atoms with E-state index < -0.39 is 0 Å². The van der Waals surface area contributed by atoms with Crippen molar-refractivity contribution in [2.75, 3.05) is 18.1 Å². The van der Waals surface area contributed by atoms with Gasteiger partial charge in [0.15, 0.2) is 0 Å². The summed E-state index contributed by atoms with van der Waals surface area (Å²) in [5, 5.41) is 8.74. The van der Waals surface area contributed by atoms with Crippen molar-refractivity contribution >= 4 is 28.9 Å². The van der Waals surface area contributed by atoms with Gasteiger partial charge in [-0.25, -0.2) is 4.98 Å². The zero-order valence-corrected chi connectivity index (χ0v) is 30.3. The molecular weight excluding hydrogens is 642 g/mol. The molecule has 1 amide bonds. The number of aromatic nitrogens is 3. The van der Waals surface area contributed by atoms with Crippen LogP contribution < -0.4 is 15.0 Å². The molecule has 7 nitrogen and oxygen atoms in total. The molecule has 0 spiro atoms. The van der Waals surface area contributed by atoms with Gasteiger partial charge in [0.25, 0.3) is 0 Å². The van der Waals surface area contributed by atoms with Crippen molar-refractivity contribution in [1.82, 2.24) is 20.1 Å². The first-order valence-corrected chi connectivity index (χ1v) is 17.8. The summed E-state index contributed by atoms with van der Waals surface area (Å²) in [6, 6.07) is 23.1. The van der Waals surface area contributed by atoms with E-state index in [1.54, 1.807) is 0 Å². The van der Waals surface area contributed by atoms with Crippen LogP contribution in [0.4, 0.5) is 5.82 Å². The van der Waals surface area contributed by atoms with Crippen LogP contribution in [0, 0.1) is 27.7 Å². The van der Waals surface area contributed by atoms with Crippen molar-refractivity contribution in [1.29, 1.82) is 0 Å². The van der Waals surface area contributed by atoms with Gasteiger partial charge in [0.2, 0.25) is 5.91 Å². The molecule has 0 saturated heterocycles. The van der Waals surface area contributed by atoms with Gasteiger partial charge in [0, 0.05) is 61.2 Å². The first-order chi connectivity index (χ1) is 24.2. The minimum absolute atomic E-state index is 0.0306. The van der Waals surface area contributed by atoms with Crippen LogP contribution in [0.25, 0.3) is 16.7 Å². The summed E-state index contributed by atoms with van der Waals surface area (Å²) in [6.07, 6.45) is 4.92. The standard InChI is InChI=1S/C42H44ClN5O2/c1-26-20-33(21-27(2)41(26)43)50-19-9-14-35-34-12-8-13-36(40-28(3)46-47(5)29(40)4)37(34)23-38(35)42(49)45-24-30-15-17-44-39(22-30)48-18-16-31-10-6-7-11-32(31)25-48/h6-8,10-13,15,17,20-22H,9,14,16,18-19,23-25H2,1-5H3,(H,45,49). The first kappa shape index (κ1) is 33.6. The second-order valence-electron chi connectivity index (χ2n) is 13.6. The quantitative estimate of drug-likeness (QED) is 0.150. The van der Waals surface area contributed by atoms with Crippen molar-refractivity contribution in [2.24, 2.45) is 7.05 Å². The molecule has 1 N–H and O–H groups in total. The summed E-state index contributed by atoms with van der Waals surface area (Å²) in [4.78, 5) is 21.1. The van der Waals surface area contributed by atoms with Crippen molar-refractivity contribution in [3.05, 3.63) is 134 Å². The van der Waals surface area contributed by atoms with Gasteiger partial charge in [-0.1, -0.05) is 54.1 Å². The van der Waals surface area contributed by atoms with E-state index >= 15 is 0 Å². The minimum atomic E-state index is -0.0306. The number of fused-ring (bicyclic) bond motifs is 2. The molecule has 0 atom stereocenters. The van der Waals surface area contributed by atoms with Crippen LogP contribution in [0.5, 0.6) is 5.75 Å². The fourth-order valence-corrected chi connectivity index (χ4v) is 7.67. The molecule has 0 unspecified atom stereocenters. The second kappa shape index (κ2) is 14.2. The summed E-state index contributed by atoms with van der Waals surface area (Å²) in [5.74, 6) is 1.73. The number of hydrogen-bond donors (Lipinski definition) is 1. The number of hydrogen-bond acceptors (Lipinski definition) is 5. The van der Waals surface area contributed by atoms with Crippen LogP contribution in [0.3, 0.4) is 0 Å². The summed E-state index contributed by atoms with van der Waals surface area (Å²) < 4.78 is 8.11. The van der Waals surface area contributed by atoms with Crippen LogP contribution in [0.1, 0.15) is 63.2 Å². The maximum Gasteiger partial charge on any atom is 0.248 e. The average Bonchev–Trinajstić information content (AvgIpc) is 3.62. The predicted octanol–water partition coefficient (Wildman–Crippen LogP) is 8.42. The molecule has 3 aromatic carbocycles. The second-order valence-corrected chi connectivity index (χ2v) is 14.0. The number of nitrogens with one attached hydrogen (secondary N) is 1. The number of nitrogens with zero attached hydrogens (tertiary/aromatic N) is 4. The Morgan fingerprint density at radius 1 is 0.960 bits per heavy atom. The van der Waals surface area contributed by atoms with Gasteiger partial charge < -0.3 is 15.0 Å². The zero-order chi connectivity index (χ0) is 34.9. The number of halogens is 1. The molecule has 0 bridgehead atoms. The molecule has 1 aliphatic carbocycles. The van der Waals surface area contributed by atoms with Gasteiger partial charge in [0.05, 0.1) is 12.3 Å². The normalized spacial score (nSPS) is 13.8. The molecule has 256 valence electrons. The van der Waals surface area contributed by atoms with Gasteiger partial charge in [-0.05, 0) is 121 Å². The summed E-state index contributed by atoms with van der Waals surface area (Å²) in [5.41, 5.74) is 14.4. The molecule has 0 radical (unpaired) electrons. The lowest BCUT2D eigenvalue weighted by Gasteiger charge is -2.30. The van der Waals surface area contributed by atoms with Crippen LogP contribution in [-0.2, 0) is 37.8 Å². The highest BCUT2D eigenvalue weighted by Crippen LogP contribution is 2.42. The van der Waals surface area contributed by atoms with E-state index in [2.05, 4.69) is 72.6 Å². The number of rotatable bonds is 10. The Hall–Kier alpha value is -4.88. The summed E-state index contributed by atoms with van der Waals surface area (Å²) >= 11 is 6.38. The number of aryl methyl sites for hydroxylation is 4. The molecule has 1 aliphatic heterocycles. The van der Waals surface area contributed by atoms with E-state index in [1.165, 1.54) is 16.7 Å². The molecule has 50 heavy (non-hydrogen) atoms. The lowest BCUT2D eigenvalue weighted by Crippen LogP contribution is -2.31. The number of allylic oxidation sites excluding steroid dienone is 1. The van der Waals surface area contributed by atoms with Crippen molar-refractivity contribution in [2.45, 2.75) is 66.5 Å². The predicted molar refractivity (Wildman–Crippen MR) is 202 cm³/mol. The molecule has 5 aromatic rings. The smallest absolute Gasteiger partial charge is 0.248 e. The number of benzene rings is 3. The largest absolute Gasteiger partial charge is 0.494 e. The van der Waals surface area contributed by atoms with E-state index in [0.29, 0.717) is 19.6 Å². The number of carbonyl (C=O) groups excluding carboxylic acids is 1. The fourth-order valence-electron chi connectivity index (χ4n) is 7.56. The third kappa shape index (κ3) is 6.67. The highest BCUT2D eigenvalue weighted by molar-refractivity contribution is 6.32. The average molecular weight is 686 g/mol. The van der Waals surface area contributed by atoms with E-state index in [-0.39, 0.29) is 5.91 Å². The SMILES string of the molecule is Cc1cc(OCCCC2=C(C(=O)NCc3ccnc(N4CCc5ccccc5C4)c3)Cc3c2cccc3-c2c(C)nn(C)c2C)cc(C)c1Cl. The minimum Gasteiger partial charge on any atom is -0.494 e. The number of carbonyl (C=O) groups is 1. The number of amides is 1. The summed E-state index contributed by atoms with van der Waals surface area (Å²) in [7, 11) is 1.98. The molecule has 8 heteroatoms. The number of ether oxygens (including phenoxy) is 1.